The molecule has 1 aliphatic heterocycles. The van der Waals surface area contributed by atoms with Gasteiger partial charge in [0.05, 0.1) is 7.11 Å². The van der Waals surface area contributed by atoms with Crippen molar-refractivity contribution in [1.82, 2.24) is 4.90 Å². The highest BCUT2D eigenvalue weighted by molar-refractivity contribution is 5.78. The standard InChI is InChI=1S/C19H31NO4/c1-3-4-9-17(21)13-11-16-12-14-18(22)20(16)15-8-6-5-7-10-19(23)24-2/h16-17,21H,3,5-8,10-15H2,1-2H3/t16?,17-/m0/s1. The van der Waals surface area contributed by atoms with E-state index in [4.69, 9.17) is 0 Å². The van der Waals surface area contributed by atoms with E-state index in [1.165, 1.54) is 7.11 Å². The van der Waals surface area contributed by atoms with E-state index < -0.39 is 6.10 Å². The summed E-state index contributed by atoms with van der Waals surface area (Å²) in [5, 5.41) is 9.82. The molecule has 0 saturated carbocycles. The molecule has 0 spiro atoms. The minimum atomic E-state index is -0.583. The van der Waals surface area contributed by atoms with Gasteiger partial charge in [0.15, 0.2) is 0 Å². The summed E-state index contributed by atoms with van der Waals surface area (Å²) in [5.74, 6) is 5.79. The van der Waals surface area contributed by atoms with Gasteiger partial charge >= 0.3 is 5.97 Å². The number of amides is 1. The number of nitrogens with zero attached hydrogens (tertiary/aromatic N) is 1. The number of rotatable bonds is 10. The molecule has 1 amide bonds. The van der Waals surface area contributed by atoms with Gasteiger partial charge < -0.3 is 14.7 Å². The number of esters is 1. The summed E-state index contributed by atoms with van der Waals surface area (Å²) >= 11 is 0. The molecule has 1 N–H and O–H groups in total. The third kappa shape index (κ3) is 7.83. The van der Waals surface area contributed by atoms with Gasteiger partial charge in [-0.3, -0.25) is 9.59 Å². The number of hydrogen-bond donors (Lipinski definition) is 1. The first kappa shape index (κ1) is 20.5. The average Bonchev–Trinajstić information content (AvgIpc) is 2.93. The fraction of sp³-hybridized carbons (Fsp3) is 0.789. The second kappa shape index (κ2) is 11.9. The second-order valence-electron chi connectivity index (χ2n) is 6.29. The van der Waals surface area contributed by atoms with Crippen molar-refractivity contribution in [2.45, 2.75) is 83.3 Å². The first-order valence-corrected chi connectivity index (χ1v) is 9.11. The van der Waals surface area contributed by atoms with Crippen LogP contribution in [0.2, 0.25) is 0 Å². The monoisotopic (exact) mass is 337 g/mol. The van der Waals surface area contributed by atoms with Crippen LogP contribution in [0.1, 0.15) is 71.1 Å². The summed E-state index contributed by atoms with van der Waals surface area (Å²) in [6, 6.07) is 0.241. The van der Waals surface area contributed by atoms with E-state index in [-0.39, 0.29) is 17.9 Å². The van der Waals surface area contributed by atoms with Crippen molar-refractivity contribution >= 4 is 11.9 Å². The van der Waals surface area contributed by atoms with Crippen LogP contribution in [0.15, 0.2) is 0 Å². The molecule has 1 unspecified atom stereocenters. The zero-order valence-corrected chi connectivity index (χ0v) is 15.1. The number of hydrogen-bond acceptors (Lipinski definition) is 4. The molecule has 0 aromatic heterocycles. The minimum absolute atomic E-state index is 0.158. The molecule has 1 rings (SSSR count). The van der Waals surface area contributed by atoms with Crippen LogP contribution >= 0.6 is 0 Å². The summed E-state index contributed by atoms with van der Waals surface area (Å²) in [7, 11) is 1.41. The van der Waals surface area contributed by atoms with Gasteiger partial charge in [0, 0.05) is 31.8 Å². The van der Waals surface area contributed by atoms with E-state index in [0.717, 1.165) is 51.5 Å². The van der Waals surface area contributed by atoms with Gasteiger partial charge in [-0.2, -0.15) is 0 Å². The minimum Gasteiger partial charge on any atom is -0.469 e. The van der Waals surface area contributed by atoms with E-state index >= 15 is 0 Å². The van der Waals surface area contributed by atoms with Crippen LogP contribution in [0.5, 0.6) is 0 Å². The van der Waals surface area contributed by atoms with Crippen molar-refractivity contribution in [1.29, 1.82) is 0 Å². The molecule has 2 atom stereocenters. The van der Waals surface area contributed by atoms with Crippen LogP contribution in [-0.4, -0.2) is 47.7 Å². The lowest BCUT2D eigenvalue weighted by Crippen LogP contribution is -2.34. The Morgan fingerprint density at radius 1 is 1.38 bits per heavy atom. The highest BCUT2D eigenvalue weighted by atomic mass is 16.5. The van der Waals surface area contributed by atoms with Crippen LogP contribution in [0.25, 0.3) is 0 Å². The average molecular weight is 337 g/mol. The quantitative estimate of drug-likeness (QED) is 0.378. The molecule has 1 fully saturated rings. The number of aliphatic hydroxyl groups is 1. The fourth-order valence-electron chi connectivity index (χ4n) is 3.05. The molecule has 1 aliphatic rings. The predicted octanol–water partition coefficient (Wildman–Crippen LogP) is 2.66. The fourth-order valence-corrected chi connectivity index (χ4v) is 3.05. The third-order valence-corrected chi connectivity index (χ3v) is 4.43. The molecular formula is C19H31NO4. The Kier molecular flexibility index (Phi) is 10.2. The van der Waals surface area contributed by atoms with Gasteiger partial charge in [0.1, 0.15) is 6.10 Å². The lowest BCUT2D eigenvalue weighted by molar-refractivity contribution is -0.140. The number of aliphatic hydroxyl groups excluding tert-OH is 1. The number of likely N-dealkylation sites (tertiary alicyclic amines) is 1. The number of carbonyl (C=O) groups excluding carboxylic acids is 2. The van der Waals surface area contributed by atoms with Crippen molar-refractivity contribution in [2.75, 3.05) is 13.7 Å². The summed E-state index contributed by atoms with van der Waals surface area (Å²) in [6.07, 6.45) is 7.37. The maximum Gasteiger partial charge on any atom is 0.305 e. The van der Waals surface area contributed by atoms with E-state index in [0.29, 0.717) is 19.3 Å². The van der Waals surface area contributed by atoms with Gasteiger partial charge in [0.25, 0.3) is 0 Å². The van der Waals surface area contributed by atoms with Crippen molar-refractivity contribution in [3.63, 3.8) is 0 Å². The zero-order chi connectivity index (χ0) is 17.8. The summed E-state index contributed by atoms with van der Waals surface area (Å²) in [5.41, 5.74) is 0. The number of methoxy groups -OCH3 is 1. The van der Waals surface area contributed by atoms with Crippen LogP contribution < -0.4 is 0 Å². The SMILES string of the molecule is CCC#C[C@H](O)CCC1CCC(=O)N1CCCCCCC(=O)OC. The normalized spacial score (nSPS) is 18.2. The first-order chi connectivity index (χ1) is 11.6. The molecular weight excluding hydrogens is 306 g/mol. The molecule has 1 saturated heterocycles. The molecule has 136 valence electrons. The Labute approximate surface area is 145 Å². The van der Waals surface area contributed by atoms with E-state index in [1.54, 1.807) is 0 Å². The molecule has 5 nitrogen and oxygen atoms in total. The smallest absolute Gasteiger partial charge is 0.305 e. The van der Waals surface area contributed by atoms with E-state index in [1.807, 2.05) is 11.8 Å². The van der Waals surface area contributed by atoms with Crippen LogP contribution in [-0.2, 0) is 14.3 Å². The van der Waals surface area contributed by atoms with Gasteiger partial charge in [-0.05, 0) is 32.1 Å². The van der Waals surface area contributed by atoms with Crippen LogP contribution in [0.4, 0.5) is 0 Å². The van der Waals surface area contributed by atoms with Crippen molar-refractivity contribution < 1.29 is 19.4 Å². The molecule has 0 aromatic rings. The number of carbonyl (C=O) groups is 2. The topological polar surface area (TPSA) is 66.8 Å². The molecule has 0 aromatic carbocycles. The number of unbranched alkanes of at least 4 members (excludes halogenated alkanes) is 3. The lowest BCUT2D eigenvalue weighted by atomic mass is 10.1. The Bertz CT molecular complexity index is 452. The molecule has 5 heteroatoms. The maximum atomic E-state index is 12.0. The largest absolute Gasteiger partial charge is 0.469 e. The molecule has 1 heterocycles. The maximum absolute atomic E-state index is 12.0. The van der Waals surface area contributed by atoms with Gasteiger partial charge in [-0.1, -0.05) is 25.7 Å². The Hall–Kier alpha value is -1.54. The van der Waals surface area contributed by atoms with Gasteiger partial charge in [0.2, 0.25) is 5.91 Å². The number of ether oxygens (including phenoxy) is 1. The van der Waals surface area contributed by atoms with Gasteiger partial charge in [-0.25, -0.2) is 0 Å². The molecule has 0 aliphatic carbocycles. The van der Waals surface area contributed by atoms with Crippen molar-refractivity contribution in [3.05, 3.63) is 0 Å². The zero-order valence-electron chi connectivity index (χ0n) is 15.1. The summed E-state index contributed by atoms with van der Waals surface area (Å²) in [6.45, 7) is 2.74. The Morgan fingerprint density at radius 2 is 2.12 bits per heavy atom. The Morgan fingerprint density at radius 3 is 2.83 bits per heavy atom. The summed E-state index contributed by atoms with van der Waals surface area (Å²) in [4.78, 5) is 25.0. The third-order valence-electron chi connectivity index (χ3n) is 4.43. The first-order valence-electron chi connectivity index (χ1n) is 9.11. The highest BCUT2D eigenvalue weighted by Gasteiger charge is 2.30. The molecule has 0 bridgehead atoms. The predicted molar refractivity (Wildman–Crippen MR) is 93.1 cm³/mol. The Balaban J connectivity index is 2.23. The van der Waals surface area contributed by atoms with Crippen LogP contribution in [0, 0.1) is 11.8 Å². The summed E-state index contributed by atoms with van der Waals surface area (Å²) < 4.78 is 4.61. The van der Waals surface area contributed by atoms with Gasteiger partial charge in [-0.15, -0.1) is 5.92 Å². The highest BCUT2D eigenvalue weighted by Crippen LogP contribution is 2.24. The molecule has 0 radical (unpaired) electrons. The van der Waals surface area contributed by atoms with Crippen molar-refractivity contribution in [2.24, 2.45) is 0 Å². The second-order valence-corrected chi connectivity index (χ2v) is 6.29. The lowest BCUT2D eigenvalue weighted by Gasteiger charge is -2.25. The van der Waals surface area contributed by atoms with Crippen molar-refractivity contribution in [3.8, 4) is 11.8 Å². The molecule has 24 heavy (non-hydrogen) atoms. The van der Waals surface area contributed by atoms with Crippen LogP contribution in [0.3, 0.4) is 0 Å². The van der Waals surface area contributed by atoms with E-state index in [9.17, 15) is 14.7 Å². The van der Waals surface area contributed by atoms with E-state index in [2.05, 4.69) is 16.6 Å².